The van der Waals surface area contributed by atoms with E-state index in [1.165, 1.54) is 12.1 Å². The monoisotopic (exact) mass is 946 g/mol. The van der Waals surface area contributed by atoms with Crippen LogP contribution in [0.5, 0.6) is 0 Å². The van der Waals surface area contributed by atoms with Gasteiger partial charge >= 0.3 is 12.4 Å². The molecule has 0 aromatic heterocycles. The van der Waals surface area contributed by atoms with Gasteiger partial charge < -0.3 is 29.9 Å². The molecule has 4 aromatic carbocycles. The van der Waals surface area contributed by atoms with Crippen LogP contribution in [0.2, 0.25) is 0 Å². The van der Waals surface area contributed by atoms with E-state index >= 15 is 0 Å². The fraction of sp³-hybridized carbons (Fsp3) is 0.423. The first kappa shape index (κ1) is 49.9. The van der Waals surface area contributed by atoms with Crippen LogP contribution >= 0.6 is 0 Å². The van der Waals surface area contributed by atoms with Gasteiger partial charge in [-0.15, -0.1) is 0 Å². The summed E-state index contributed by atoms with van der Waals surface area (Å²) in [6.45, 7) is 12.8. The quantitative estimate of drug-likeness (QED) is 0.134. The van der Waals surface area contributed by atoms with Crippen molar-refractivity contribution in [2.75, 3.05) is 60.0 Å². The first-order valence-corrected chi connectivity index (χ1v) is 22.6. The first-order valence-electron chi connectivity index (χ1n) is 22.6. The Labute approximate surface area is 392 Å². The van der Waals surface area contributed by atoms with Crippen molar-refractivity contribution < 1.29 is 55.0 Å². The summed E-state index contributed by atoms with van der Waals surface area (Å²) in [4.78, 5) is 57.4. The summed E-state index contributed by atoms with van der Waals surface area (Å²) in [6.07, 6.45) is -5.58. The Bertz CT molecular complexity index is 2600. The molecule has 4 aromatic rings. The van der Waals surface area contributed by atoms with Crippen LogP contribution in [-0.4, -0.2) is 63.1 Å². The van der Waals surface area contributed by atoms with E-state index in [9.17, 15) is 45.5 Å². The Balaban J connectivity index is 0.000000201. The van der Waals surface area contributed by atoms with Crippen molar-refractivity contribution >= 4 is 46.4 Å². The second kappa shape index (κ2) is 19.5. The molecule has 3 saturated heterocycles. The van der Waals surface area contributed by atoms with Crippen LogP contribution in [0.1, 0.15) is 76.6 Å². The van der Waals surface area contributed by atoms with Crippen LogP contribution in [0.15, 0.2) is 84.4 Å². The zero-order valence-corrected chi connectivity index (χ0v) is 39.0. The molecule has 0 saturated carbocycles. The molecule has 16 heteroatoms. The van der Waals surface area contributed by atoms with Gasteiger partial charge in [-0.25, -0.2) is 0 Å². The number of benzene rings is 4. The molecule has 4 heterocycles. The summed E-state index contributed by atoms with van der Waals surface area (Å²) in [5, 5.41) is 5.44. The predicted molar refractivity (Wildman–Crippen MR) is 247 cm³/mol. The lowest BCUT2D eigenvalue weighted by Crippen LogP contribution is -2.46. The van der Waals surface area contributed by atoms with Gasteiger partial charge in [0.25, 0.3) is 0 Å². The van der Waals surface area contributed by atoms with Crippen LogP contribution in [0.3, 0.4) is 0 Å². The minimum atomic E-state index is -4.53. The molecular weight excluding hydrogens is 891 g/mol. The minimum absolute atomic E-state index is 0.00914. The number of amides is 4. The van der Waals surface area contributed by atoms with Crippen molar-refractivity contribution in [3.05, 3.63) is 129 Å². The molecule has 4 amide bonds. The third-order valence-corrected chi connectivity index (χ3v) is 13.6. The Kier molecular flexibility index (Phi) is 14.3. The van der Waals surface area contributed by atoms with Gasteiger partial charge in [0.1, 0.15) is 0 Å². The van der Waals surface area contributed by atoms with Crippen molar-refractivity contribution in [2.24, 2.45) is 16.7 Å². The summed E-state index contributed by atoms with van der Waals surface area (Å²) in [7, 11) is 0. The second-order valence-electron chi connectivity index (χ2n) is 18.6. The van der Waals surface area contributed by atoms with Gasteiger partial charge in [0.05, 0.1) is 35.2 Å². The Hall–Kier alpha value is -6.00. The molecule has 3 fully saturated rings. The molecule has 0 spiro atoms. The second-order valence-corrected chi connectivity index (χ2v) is 18.6. The smallest absolute Gasteiger partial charge is 0.381 e. The SMILES string of the molecule is Cc1cc(NC(=O)C2(C3=CCOCC3)CC(=O)N(c3c(C)cccc3C)C2)cc(C(F)(F)F)c1.Cc1cc(NC(=O)C2(C3CCOCC3)CC(=O)N(c3c(C)cccc3C)C2)cc(C(F)(F)F)c1. The van der Waals surface area contributed by atoms with Crippen molar-refractivity contribution in [1.82, 2.24) is 0 Å². The van der Waals surface area contributed by atoms with E-state index in [4.69, 9.17) is 9.47 Å². The predicted octanol–water partition coefficient (Wildman–Crippen LogP) is 10.8. The molecule has 0 radical (unpaired) electrons. The number of para-hydroxylation sites is 2. The zero-order chi connectivity index (χ0) is 49.3. The molecule has 2 N–H and O–H groups in total. The number of nitrogens with one attached hydrogen (secondary N) is 2. The number of halogens is 6. The third-order valence-electron chi connectivity index (χ3n) is 13.6. The van der Waals surface area contributed by atoms with Gasteiger partial charge in [0, 0.05) is 61.9 Å². The Morgan fingerprint density at radius 1 is 0.618 bits per heavy atom. The summed E-state index contributed by atoms with van der Waals surface area (Å²) >= 11 is 0. The summed E-state index contributed by atoms with van der Waals surface area (Å²) in [5.74, 6) is -1.37. The summed E-state index contributed by atoms with van der Waals surface area (Å²) in [5.41, 5.74) is 3.06. The molecular formula is C52H56F6N4O6. The molecule has 0 aliphatic carbocycles. The molecule has 4 aliphatic heterocycles. The standard InChI is InChI=1S/C26H29F3N2O3.C26H27F3N2O3/c2*1-16-11-20(26(27,28)29)13-21(12-16)30-24(33)25(19-7-9-34-10-8-19)14-22(32)31(15-25)23-17(2)5-4-6-18(23)3/h4-6,11-13,19H,7-10,14-15H2,1-3H3,(H,30,33);4-7,11-13H,8-10,14-15H2,1-3H3,(H,30,33). The van der Waals surface area contributed by atoms with Gasteiger partial charge in [-0.05, 0) is 137 Å². The highest BCUT2D eigenvalue weighted by Gasteiger charge is 2.55. The molecule has 362 valence electrons. The molecule has 4 aliphatic rings. The van der Waals surface area contributed by atoms with Crippen molar-refractivity contribution in [1.29, 1.82) is 0 Å². The largest absolute Gasteiger partial charge is 0.416 e. The lowest BCUT2D eigenvalue weighted by atomic mass is 9.70. The third kappa shape index (κ3) is 10.4. The molecule has 2 atom stereocenters. The van der Waals surface area contributed by atoms with Crippen LogP contribution in [0.25, 0.3) is 0 Å². The van der Waals surface area contributed by atoms with Crippen molar-refractivity contribution in [3.8, 4) is 0 Å². The number of carbonyl (C=O) groups excluding carboxylic acids is 4. The van der Waals surface area contributed by atoms with E-state index in [1.807, 2.05) is 70.2 Å². The number of anilines is 4. The maximum atomic E-state index is 13.8. The van der Waals surface area contributed by atoms with E-state index in [-0.39, 0.29) is 55.0 Å². The number of hydrogen-bond acceptors (Lipinski definition) is 6. The van der Waals surface area contributed by atoms with E-state index in [0.29, 0.717) is 56.8 Å². The fourth-order valence-corrected chi connectivity index (χ4v) is 10.3. The maximum Gasteiger partial charge on any atom is 0.416 e. The highest BCUT2D eigenvalue weighted by molar-refractivity contribution is 6.09. The Morgan fingerprint density at radius 3 is 1.56 bits per heavy atom. The Morgan fingerprint density at radius 2 is 1.09 bits per heavy atom. The number of aryl methyl sites for hydroxylation is 6. The molecule has 0 bridgehead atoms. The van der Waals surface area contributed by atoms with Gasteiger partial charge in [-0.1, -0.05) is 48.0 Å². The molecule has 2 unspecified atom stereocenters. The lowest BCUT2D eigenvalue weighted by molar-refractivity contribution is -0.138. The topological polar surface area (TPSA) is 117 Å². The number of nitrogens with zero attached hydrogens (tertiary/aromatic N) is 2. The highest BCUT2D eigenvalue weighted by atomic mass is 19.4. The van der Waals surface area contributed by atoms with Crippen molar-refractivity contribution in [3.63, 3.8) is 0 Å². The minimum Gasteiger partial charge on any atom is -0.381 e. The highest BCUT2D eigenvalue weighted by Crippen LogP contribution is 2.48. The van der Waals surface area contributed by atoms with E-state index < -0.39 is 46.1 Å². The number of hydrogen-bond donors (Lipinski definition) is 2. The van der Waals surface area contributed by atoms with Crippen LogP contribution < -0.4 is 20.4 Å². The van der Waals surface area contributed by atoms with Crippen LogP contribution in [-0.2, 0) is 41.0 Å². The van der Waals surface area contributed by atoms with Crippen molar-refractivity contribution in [2.45, 2.75) is 86.0 Å². The molecule has 8 rings (SSSR count). The zero-order valence-electron chi connectivity index (χ0n) is 39.0. The molecule has 10 nitrogen and oxygen atoms in total. The van der Waals surface area contributed by atoms with Gasteiger partial charge in [-0.3, -0.25) is 19.2 Å². The van der Waals surface area contributed by atoms with Gasteiger partial charge in [-0.2, -0.15) is 26.3 Å². The summed E-state index contributed by atoms with van der Waals surface area (Å²) < 4.78 is 90.9. The average Bonchev–Trinajstić information content (AvgIpc) is 3.81. The van der Waals surface area contributed by atoms with Gasteiger partial charge in [0.2, 0.25) is 23.6 Å². The number of alkyl halides is 6. The average molecular weight is 947 g/mol. The van der Waals surface area contributed by atoms with E-state index in [2.05, 4.69) is 10.6 Å². The normalized spacial score (nSPS) is 21.3. The number of rotatable bonds is 8. The lowest BCUT2D eigenvalue weighted by Gasteiger charge is -2.38. The van der Waals surface area contributed by atoms with Crippen LogP contribution in [0.4, 0.5) is 49.1 Å². The van der Waals surface area contributed by atoms with E-state index in [1.54, 1.807) is 23.6 Å². The first-order chi connectivity index (χ1) is 32.0. The number of carbonyl (C=O) groups is 4. The van der Waals surface area contributed by atoms with Gasteiger partial charge in [0.15, 0.2) is 0 Å². The fourth-order valence-electron chi connectivity index (χ4n) is 10.3. The maximum absolute atomic E-state index is 13.8. The summed E-state index contributed by atoms with van der Waals surface area (Å²) in [6, 6.07) is 18.5. The van der Waals surface area contributed by atoms with E-state index in [0.717, 1.165) is 63.5 Å². The van der Waals surface area contributed by atoms with Crippen LogP contribution in [0, 0.1) is 58.3 Å². The molecule has 68 heavy (non-hydrogen) atoms. The number of ether oxygens (including phenoxy) is 2.